The Labute approximate surface area is 54.0 Å². The topological polar surface area (TPSA) is 28.7 Å². The number of nitrogens with zero attached hydrogens (tertiary/aromatic N) is 1. The predicted molar refractivity (Wildman–Crippen MR) is 31.9 cm³/mol. The molecule has 1 aromatic rings. The van der Waals surface area contributed by atoms with Crippen LogP contribution in [0.3, 0.4) is 0 Å². The Morgan fingerprint density at radius 1 is 1.57 bits per heavy atom. The van der Waals surface area contributed by atoms with Crippen LogP contribution in [0.5, 0.6) is 0 Å². The first-order valence-electron chi connectivity index (χ1n) is 1.59. The standard InChI is InChI=1S/C3H4N2.SSe/c1-2-5-3-4-1;1-2/h1-3H,(H,4,5);. The van der Waals surface area contributed by atoms with Crippen molar-refractivity contribution in [1.82, 2.24) is 9.97 Å². The molecule has 0 aromatic carbocycles. The molecule has 1 heterocycles. The summed E-state index contributed by atoms with van der Waals surface area (Å²) in [6, 6.07) is 0. The molecule has 0 saturated carbocycles. The molecule has 1 N–H and O–H groups in total. The Bertz CT molecular complexity index is 79.8. The molecule has 0 unspecified atom stereocenters. The first-order chi connectivity index (χ1) is 3.50. The second-order valence-electron chi connectivity index (χ2n) is 0.761. The molecule has 0 bridgehead atoms. The Morgan fingerprint density at radius 3 is 2.43 bits per heavy atom. The summed E-state index contributed by atoms with van der Waals surface area (Å²) in [5.74, 6) is 0. The van der Waals surface area contributed by atoms with Crippen molar-refractivity contribution in [2.45, 2.75) is 0 Å². The van der Waals surface area contributed by atoms with Gasteiger partial charge in [-0.2, -0.15) is 0 Å². The van der Waals surface area contributed by atoms with Crippen LogP contribution in [0.4, 0.5) is 0 Å². The van der Waals surface area contributed by atoms with Crippen LogP contribution in [-0.2, 0) is 0 Å². The fourth-order valence-corrected chi connectivity index (χ4v) is 0.215. The molecule has 7 heavy (non-hydrogen) atoms. The molecule has 0 aliphatic heterocycles. The number of H-pyrrole nitrogens is 1. The summed E-state index contributed by atoms with van der Waals surface area (Å²) in [6.45, 7) is 0. The maximum atomic E-state index is 3.96. The summed E-state index contributed by atoms with van der Waals surface area (Å²) < 4.78 is 0. The molecule has 4 heteroatoms. The maximum Gasteiger partial charge on any atom is 0.0919 e. The molecular weight excluding hydrogens is 175 g/mol. The van der Waals surface area contributed by atoms with Crippen molar-refractivity contribution in [2.75, 3.05) is 0 Å². The van der Waals surface area contributed by atoms with Gasteiger partial charge in [-0.3, -0.25) is 0 Å². The van der Waals surface area contributed by atoms with Gasteiger partial charge in [-0.25, -0.2) is 4.98 Å². The number of hydrogen-bond acceptors (Lipinski definition) is 2. The van der Waals surface area contributed by atoms with Crippen molar-refractivity contribution < 1.29 is 0 Å². The molecule has 0 atom stereocenters. The van der Waals surface area contributed by atoms with Gasteiger partial charge >= 0.3 is 24.9 Å². The van der Waals surface area contributed by atoms with Crippen molar-refractivity contribution in [3.05, 3.63) is 18.7 Å². The number of rotatable bonds is 0. The number of aromatic nitrogens is 2. The van der Waals surface area contributed by atoms with E-state index in [0.717, 1.165) is 0 Å². The van der Waals surface area contributed by atoms with E-state index in [1.54, 1.807) is 18.7 Å². The second kappa shape index (κ2) is 5.95. The monoisotopic (exact) mass is 180 g/mol. The Morgan fingerprint density at radius 2 is 2.29 bits per heavy atom. The van der Waals surface area contributed by atoms with E-state index in [2.05, 4.69) is 34.9 Å². The van der Waals surface area contributed by atoms with Crippen LogP contribution < -0.4 is 0 Å². The summed E-state index contributed by atoms with van der Waals surface area (Å²) in [6.07, 6.45) is 5.08. The average Bonchev–Trinajstić information content (AvgIpc) is 2.23. The largest absolute Gasteiger partial charge is 0.351 e. The van der Waals surface area contributed by atoms with Crippen LogP contribution in [0.2, 0.25) is 0 Å². The molecule has 0 aliphatic carbocycles. The van der Waals surface area contributed by atoms with Crippen molar-refractivity contribution in [1.29, 1.82) is 0 Å². The van der Waals surface area contributed by atoms with Gasteiger partial charge < -0.3 is 4.98 Å². The SMILES string of the molecule is S=[Se].c1c[nH]cn1. The third-order valence-electron chi connectivity index (χ3n) is 0.406. The molecular formula is C3H4N2SSe. The Kier molecular flexibility index (Phi) is 5.91. The van der Waals surface area contributed by atoms with E-state index >= 15 is 0 Å². The molecule has 0 radical (unpaired) electrons. The molecule has 0 aliphatic rings. The average molecular weight is 179 g/mol. The van der Waals surface area contributed by atoms with Crippen molar-refractivity contribution in [3.63, 3.8) is 0 Å². The van der Waals surface area contributed by atoms with E-state index < -0.39 is 0 Å². The van der Waals surface area contributed by atoms with E-state index in [1.807, 2.05) is 0 Å². The van der Waals surface area contributed by atoms with Gasteiger partial charge in [0.2, 0.25) is 0 Å². The molecule has 2 nitrogen and oxygen atoms in total. The van der Waals surface area contributed by atoms with Gasteiger partial charge in [0, 0.05) is 12.4 Å². The van der Waals surface area contributed by atoms with Gasteiger partial charge in [-0.05, 0) is 0 Å². The van der Waals surface area contributed by atoms with Crippen molar-refractivity contribution in [2.24, 2.45) is 0 Å². The summed E-state index contributed by atoms with van der Waals surface area (Å²) in [4.78, 5) is 6.42. The van der Waals surface area contributed by atoms with Crippen LogP contribution in [-0.4, -0.2) is 24.4 Å². The zero-order valence-electron chi connectivity index (χ0n) is 3.50. The molecule has 1 aromatic heterocycles. The molecule has 0 fully saturated rings. The van der Waals surface area contributed by atoms with Gasteiger partial charge in [0.05, 0.1) is 6.33 Å². The third kappa shape index (κ3) is 3.79. The van der Waals surface area contributed by atoms with E-state index in [0.29, 0.717) is 0 Å². The minimum absolute atomic E-state index is 1.62. The molecule has 38 valence electrons. The molecule has 0 spiro atoms. The summed E-state index contributed by atoms with van der Waals surface area (Å²) >= 11 is 2.21. The second-order valence-corrected chi connectivity index (χ2v) is 0.761. The van der Waals surface area contributed by atoms with E-state index in [-0.39, 0.29) is 0 Å². The zero-order valence-corrected chi connectivity index (χ0v) is 6.03. The van der Waals surface area contributed by atoms with Gasteiger partial charge in [0.15, 0.2) is 0 Å². The number of aromatic amines is 1. The molecule has 0 saturated heterocycles. The summed E-state index contributed by atoms with van der Waals surface area (Å²) in [5.41, 5.74) is 0. The zero-order chi connectivity index (χ0) is 5.54. The minimum Gasteiger partial charge on any atom is -0.351 e. The first-order valence-corrected chi connectivity index (χ1v) is 4.03. The number of nitrogens with one attached hydrogen (secondary N) is 1. The molecule has 0 amide bonds. The van der Waals surface area contributed by atoms with Crippen molar-refractivity contribution >= 4 is 24.9 Å². The van der Waals surface area contributed by atoms with E-state index in [9.17, 15) is 0 Å². The predicted octanol–water partition coefficient (Wildman–Crippen LogP) is 0.677. The van der Waals surface area contributed by atoms with Crippen LogP contribution in [0.1, 0.15) is 0 Å². The number of imidazole rings is 1. The van der Waals surface area contributed by atoms with Crippen LogP contribution in [0, 0.1) is 0 Å². The fraction of sp³-hybridized carbons (Fsp3) is 0. The van der Waals surface area contributed by atoms with Gasteiger partial charge in [-0.15, -0.1) is 0 Å². The van der Waals surface area contributed by atoms with E-state index in [1.165, 1.54) is 0 Å². The minimum atomic E-state index is 1.62. The van der Waals surface area contributed by atoms with Gasteiger partial charge in [0.1, 0.15) is 0 Å². The fourth-order valence-electron chi connectivity index (χ4n) is 0.215. The first kappa shape index (κ1) is 6.95. The smallest absolute Gasteiger partial charge is 0.0919 e. The Hall–Kier alpha value is -0.0505. The summed E-state index contributed by atoms with van der Waals surface area (Å²) in [7, 11) is 3.96. The van der Waals surface area contributed by atoms with Gasteiger partial charge in [0.25, 0.3) is 0 Å². The van der Waals surface area contributed by atoms with Crippen molar-refractivity contribution in [3.8, 4) is 0 Å². The third-order valence-corrected chi connectivity index (χ3v) is 0.406. The van der Waals surface area contributed by atoms with Crippen LogP contribution in [0.15, 0.2) is 18.7 Å². The quantitative estimate of drug-likeness (QED) is 0.593. The summed E-state index contributed by atoms with van der Waals surface area (Å²) in [5, 5.41) is 0. The van der Waals surface area contributed by atoms with Crippen LogP contribution >= 0.6 is 10.6 Å². The number of hydrogen-bond donors (Lipinski definition) is 1. The maximum absolute atomic E-state index is 3.96. The Balaban J connectivity index is 0.000000162. The molecule has 1 rings (SSSR count). The van der Waals surface area contributed by atoms with Crippen LogP contribution in [0.25, 0.3) is 0 Å². The van der Waals surface area contributed by atoms with Gasteiger partial charge in [-0.1, -0.05) is 0 Å². The van der Waals surface area contributed by atoms with E-state index in [4.69, 9.17) is 0 Å². The normalized spacial score (nSPS) is 6.29.